The molecule has 1 amide bonds. The van der Waals surface area contributed by atoms with Crippen molar-refractivity contribution in [2.75, 3.05) is 18.8 Å². The average molecular weight is 268 g/mol. The molecule has 1 aromatic rings. The van der Waals surface area contributed by atoms with Crippen molar-refractivity contribution in [3.8, 4) is 0 Å². The first-order chi connectivity index (χ1) is 8.25. The zero-order chi connectivity index (χ0) is 11.8. The Hall–Kier alpha value is -0.670. The summed E-state index contributed by atoms with van der Waals surface area (Å²) in [6.07, 6.45) is 0.925. The second kappa shape index (κ2) is 4.54. The Labute approximate surface area is 110 Å². The van der Waals surface area contributed by atoms with Gasteiger partial charge < -0.3 is 4.90 Å². The lowest BCUT2D eigenvalue weighted by Gasteiger charge is -2.20. The third-order valence-electron chi connectivity index (χ3n) is 3.44. The molecule has 0 N–H and O–H groups in total. The molecule has 0 saturated carbocycles. The van der Waals surface area contributed by atoms with Gasteiger partial charge in [-0.3, -0.25) is 4.79 Å². The van der Waals surface area contributed by atoms with Crippen LogP contribution in [0.5, 0.6) is 0 Å². The van der Waals surface area contributed by atoms with Crippen LogP contribution >= 0.6 is 23.4 Å². The highest BCUT2D eigenvalue weighted by atomic mass is 35.5. The van der Waals surface area contributed by atoms with Crippen molar-refractivity contribution in [3.05, 3.63) is 29.8 Å². The normalized spacial score (nSPS) is 27.2. The fourth-order valence-electron chi connectivity index (χ4n) is 2.51. The average Bonchev–Trinajstić information content (AvgIpc) is 2.94. The van der Waals surface area contributed by atoms with Gasteiger partial charge >= 0.3 is 0 Å². The van der Waals surface area contributed by atoms with Gasteiger partial charge in [-0.1, -0.05) is 18.2 Å². The molecular weight excluding hydrogens is 254 g/mol. The second-order valence-corrected chi connectivity index (χ2v) is 6.25. The number of fused-ring (bicyclic) bond motifs is 1. The molecule has 0 spiro atoms. The number of amides is 1. The molecule has 2 aliphatic rings. The molecule has 2 nitrogen and oxygen atoms in total. The fourth-order valence-corrected chi connectivity index (χ4v) is 3.99. The largest absolute Gasteiger partial charge is 0.341 e. The number of carbonyl (C=O) groups is 1. The summed E-state index contributed by atoms with van der Waals surface area (Å²) >= 11 is 7.84. The van der Waals surface area contributed by atoms with E-state index in [1.807, 2.05) is 17.0 Å². The number of benzene rings is 1. The molecule has 17 heavy (non-hydrogen) atoms. The Balaban J connectivity index is 1.80. The molecular formula is C13H14ClNOS. The standard InChI is InChI=1S/C13H14ClNOS/c14-9-5-6-15(7-9)13(16)11-8-17-12-4-2-1-3-10(11)12/h1-4,9,11H,5-8H2. The smallest absolute Gasteiger partial charge is 0.231 e. The summed E-state index contributed by atoms with van der Waals surface area (Å²) in [5, 5.41) is 0.142. The number of hydrogen-bond donors (Lipinski definition) is 0. The molecule has 0 aromatic heterocycles. The number of halogens is 1. The molecule has 1 aromatic carbocycles. The van der Waals surface area contributed by atoms with E-state index in [1.165, 1.54) is 10.5 Å². The molecule has 2 unspecified atom stereocenters. The van der Waals surface area contributed by atoms with Gasteiger partial charge in [0.2, 0.25) is 5.91 Å². The summed E-state index contributed by atoms with van der Waals surface area (Å²) < 4.78 is 0. The van der Waals surface area contributed by atoms with Gasteiger partial charge in [0, 0.05) is 23.7 Å². The minimum Gasteiger partial charge on any atom is -0.341 e. The van der Waals surface area contributed by atoms with Crippen molar-refractivity contribution in [2.45, 2.75) is 22.6 Å². The third-order valence-corrected chi connectivity index (χ3v) is 4.98. The Morgan fingerprint density at radius 1 is 1.41 bits per heavy atom. The van der Waals surface area contributed by atoms with Crippen LogP contribution in [0.2, 0.25) is 0 Å². The molecule has 0 radical (unpaired) electrons. The van der Waals surface area contributed by atoms with Crippen LogP contribution in [0.25, 0.3) is 0 Å². The zero-order valence-electron chi connectivity index (χ0n) is 9.43. The number of rotatable bonds is 1. The summed E-state index contributed by atoms with van der Waals surface area (Å²) in [5.74, 6) is 1.17. The second-order valence-electron chi connectivity index (χ2n) is 4.57. The van der Waals surface area contributed by atoms with Gasteiger partial charge in [-0.05, 0) is 18.1 Å². The topological polar surface area (TPSA) is 20.3 Å². The maximum Gasteiger partial charge on any atom is 0.231 e. The van der Waals surface area contributed by atoms with Crippen molar-refractivity contribution in [2.24, 2.45) is 0 Å². The minimum absolute atomic E-state index is 0.0400. The van der Waals surface area contributed by atoms with Crippen LogP contribution < -0.4 is 0 Å². The molecule has 4 heteroatoms. The molecule has 2 atom stereocenters. The van der Waals surface area contributed by atoms with Crippen molar-refractivity contribution in [1.29, 1.82) is 0 Å². The number of hydrogen-bond acceptors (Lipinski definition) is 2. The van der Waals surface area contributed by atoms with E-state index < -0.39 is 0 Å². The first-order valence-electron chi connectivity index (χ1n) is 5.90. The molecule has 3 rings (SSSR count). The Kier molecular flexibility index (Phi) is 3.05. The predicted molar refractivity (Wildman–Crippen MR) is 70.7 cm³/mol. The van der Waals surface area contributed by atoms with E-state index in [0.29, 0.717) is 6.54 Å². The van der Waals surface area contributed by atoms with Crippen LogP contribution in [0.3, 0.4) is 0 Å². The minimum atomic E-state index is 0.0400. The van der Waals surface area contributed by atoms with Gasteiger partial charge in [-0.2, -0.15) is 0 Å². The number of thioether (sulfide) groups is 1. The third kappa shape index (κ3) is 2.06. The Bertz CT molecular complexity index is 451. The zero-order valence-corrected chi connectivity index (χ0v) is 11.0. The van der Waals surface area contributed by atoms with E-state index in [-0.39, 0.29) is 17.2 Å². The monoisotopic (exact) mass is 267 g/mol. The first-order valence-corrected chi connectivity index (χ1v) is 7.32. The summed E-state index contributed by atoms with van der Waals surface area (Å²) in [7, 11) is 0. The Morgan fingerprint density at radius 3 is 3.00 bits per heavy atom. The summed E-state index contributed by atoms with van der Waals surface area (Å²) in [5.41, 5.74) is 1.19. The van der Waals surface area contributed by atoms with Gasteiger partial charge in [0.05, 0.1) is 11.3 Å². The number of carbonyl (C=O) groups excluding carboxylic acids is 1. The molecule has 1 saturated heterocycles. The maximum absolute atomic E-state index is 12.4. The van der Waals surface area contributed by atoms with Crippen LogP contribution in [0.15, 0.2) is 29.2 Å². The van der Waals surface area contributed by atoms with Crippen LogP contribution in [-0.4, -0.2) is 35.0 Å². The van der Waals surface area contributed by atoms with Crippen LogP contribution in [-0.2, 0) is 4.79 Å². The SMILES string of the molecule is O=C(C1CSc2ccccc21)N1CCC(Cl)C1. The predicted octanol–water partition coefficient (Wildman–Crippen LogP) is 2.72. The van der Waals surface area contributed by atoms with Gasteiger partial charge in [-0.25, -0.2) is 0 Å². The van der Waals surface area contributed by atoms with Crippen molar-refractivity contribution in [1.82, 2.24) is 4.90 Å². The summed E-state index contributed by atoms with van der Waals surface area (Å²) in [6.45, 7) is 1.53. The highest BCUT2D eigenvalue weighted by Crippen LogP contribution is 2.40. The van der Waals surface area contributed by atoms with Gasteiger partial charge in [0.15, 0.2) is 0 Å². The highest BCUT2D eigenvalue weighted by molar-refractivity contribution is 7.99. The van der Waals surface area contributed by atoms with E-state index in [2.05, 4.69) is 12.1 Å². The lowest BCUT2D eigenvalue weighted by molar-refractivity contribution is -0.131. The highest BCUT2D eigenvalue weighted by Gasteiger charge is 2.34. The molecule has 0 aliphatic carbocycles. The van der Waals surface area contributed by atoms with E-state index in [1.54, 1.807) is 11.8 Å². The number of likely N-dealkylation sites (tertiary alicyclic amines) is 1. The van der Waals surface area contributed by atoms with Crippen molar-refractivity contribution < 1.29 is 4.79 Å². The maximum atomic E-state index is 12.4. The van der Waals surface area contributed by atoms with Crippen LogP contribution in [0.1, 0.15) is 17.9 Å². The Morgan fingerprint density at radius 2 is 2.24 bits per heavy atom. The molecule has 0 bridgehead atoms. The lowest BCUT2D eigenvalue weighted by Crippen LogP contribution is -2.33. The summed E-state index contributed by atoms with van der Waals surface area (Å²) in [4.78, 5) is 15.6. The lowest BCUT2D eigenvalue weighted by atomic mass is 10.00. The molecule has 90 valence electrons. The fraction of sp³-hybridized carbons (Fsp3) is 0.462. The van der Waals surface area contributed by atoms with Crippen molar-refractivity contribution >= 4 is 29.3 Å². The van der Waals surface area contributed by atoms with Gasteiger partial charge in [0.1, 0.15) is 0 Å². The summed E-state index contributed by atoms with van der Waals surface area (Å²) in [6, 6.07) is 8.22. The van der Waals surface area contributed by atoms with E-state index >= 15 is 0 Å². The quantitative estimate of drug-likeness (QED) is 0.730. The van der Waals surface area contributed by atoms with E-state index in [4.69, 9.17) is 11.6 Å². The van der Waals surface area contributed by atoms with Gasteiger partial charge in [-0.15, -0.1) is 23.4 Å². The van der Waals surface area contributed by atoms with Crippen LogP contribution in [0, 0.1) is 0 Å². The van der Waals surface area contributed by atoms with E-state index in [9.17, 15) is 4.79 Å². The molecule has 1 fully saturated rings. The van der Waals surface area contributed by atoms with Crippen molar-refractivity contribution in [3.63, 3.8) is 0 Å². The van der Waals surface area contributed by atoms with E-state index in [0.717, 1.165) is 18.7 Å². The first kappa shape index (κ1) is 11.4. The molecule has 2 heterocycles. The molecule has 2 aliphatic heterocycles. The number of alkyl halides is 1. The van der Waals surface area contributed by atoms with Crippen LogP contribution in [0.4, 0.5) is 0 Å². The van der Waals surface area contributed by atoms with Gasteiger partial charge in [0.25, 0.3) is 0 Å². The number of nitrogens with zero attached hydrogens (tertiary/aromatic N) is 1.